The molecule has 1 unspecified atom stereocenters. The van der Waals surface area contributed by atoms with Crippen LogP contribution in [0, 0.1) is 0 Å². The summed E-state index contributed by atoms with van der Waals surface area (Å²) < 4.78 is 44.3. The summed E-state index contributed by atoms with van der Waals surface area (Å²) in [6.07, 6.45) is 0.671. The minimum atomic E-state index is -4.44. The van der Waals surface area contributed by atoms with E-state index < -0.39 is 17.2 Å². The molecular weight excluding hydrogens is 389 g/mol. The second kappa shape index (κ2) is 7.39. The van der Waals surface area contributed by atoms with E-state index in [0.29, 0.717) is 19.5 Å². The Morgan fingerprint density at radius 3 is 2.75 bits per heavy atom. The minimum absolute atomic E-state index is 0.0528. The Bertz CT molecular complexity index is 832. The average Bonchev–Trinajstić information content (AvgIpc) is 3.42. The number of rotatable bonds is 4. The molecular formula is C20H21F3N2O2S. The van der Waals surface area contributed by atoms with Crippen molar-refractivity contribution < 1.29 is 22.7 Å². The van der Waals surface area contributed by atoms with Crippen LogP contribution in [0.1, 0.15) is 42.5 Å². The Morgan fingerprint density at radius 2 is 2.07 bits per heavy atom. The van der Waals surface area contributed by atoms with Crippen molar-refractivity contribution in [2.24, 2.45) is 0 Å². The third-order valence-corrected chi connectivity index (χ3v) is 6.72. The Morgan fingerprint density at radius 1 is 1.29 bits per heavy atom. The van der Waals surface area contributed by atoms with E-state index >= 15 is 0 Å². The standard InChI is InChI=1S/C20H21F3N2O2S/c21-20(22,23)14-5-9-24-17(12-14)27-15-6-10-25(13-15)18(26)19(7-1-2-8-19)16-4-3-11-28-16/h3-5,9,11-12,15H,1-2,6-8,10,13H2. The second-order valence-corrected chi connectivity index (χ2v) is 8.37. The number of carbonyl (C=O) groups is 1. The fraction of sp³-hybridized carbons (Fsp3) is 0.500. The Balaban J connectivity index is 1.45. The third-order valence-electron chi connectivity index (χ3n) is 5.64. The summed E-state index contributed by atoms with van der Waals surface area (Å²) in [5, 5.41) is 2.00. The van der Waals surface area contributed by atoms with Crippen LogP contribution in [0.25, 0.3) is 0 Å². The molecule has 1 aliphatic heterocycles. The van der Waals surface area contributed by atoms with Gasteiger partial charge in [0.2, 0.25) is 11.8 Å². The van der Waals surface area contributed by atoms with E-state index in [9.17, 15) is 18.0 Å². The number of likely N-dealkylation sites (tertiary alicyclic amines) is 1. The molecule has 2 aliphatic rings. The largest absolute Gasteiger partial charge is 0.472 e. The van der Waals surface area contributed by atoms with Gasteiger partial charge in [-0.05, 0) is 30.4 Å². The molecule has 1 saturated heterocycles. The van der Waals surface area contributed by atoms with E-state index in [4.69, 9.17) is 4.74 Å². The van der Waals surface area contributed by atoms with Gasteiger partial charge in [-0.25, -0.2) is 4.98 Å². The summed E-state index contributed by atoms with van der Waals surface area (Å²) in [7, 11) is 0. The van der Waals surface area contributed by atoms with Gasteiger partial charge < -0.3 is 9.64 Å². The van der Waals surface area contributed by atoms with E-state index in [0.717, 1.165) is 48.9 Å². The zero-order valence-corrected chi connectivity index (χ0v) is 16.1. The molecule has 0 bridgehead atoms. The Kier molecular flexibility index (Phi) is 5.07. The maximum Gasteiger partial charge on any atom is 0.416 e. The van der Waals surface area contributed by atoms with Gasteiger partial charge in [0.25, 0.3) is 0 Å². The third kappa shape index (κ3) is 3.62. The first-order valence-electron chi connectivity index (χ1n) is 9.42. The van der Waals surface area contributed by atoms with E-state index in [1.165, 1.54) is 0 Å². The topological polar surface area (TPSA) is 42.4 Å². The summed E-state index contributed by atoms with van der Waals surface area (Å²) in [5.74, 6) is 0.0681. The molecule has 1 atom stereocenters. The van der Waals surface area contributed by atoms with E-state index in [2.05, 4.69) is 4.98 Å². The fourth-order valence-corrected chi connectivity index (χ4v) is 5.21. The number of pyridine rings is 1. The van der Waals surface area contributed by atoms with Crippen LogP contribution < -0.4 is 4.74 Å². The van der Waals surface area contributed by atoms with Crippen LogP contribution in [0.3, 0.4) is 0 Å². The van der Waals surface area contributed by atoms with E-state index in [-0.39, 0.29) is 17.9 Å². The maximum absolute atomic E-state index is 13.4. The summed E-state index contributed by atoms with van der Waals surface area (Å²) >= 11 is 1.62. The number of amides is 1. The van der Waals surface area contributed by atoms with Crippen LogP contribution in [-0.2, 0) is 16.4 Å². The Hall–Kier alpha value is -2.09. The van der Waals surface area contributed by atoms with Crippen molar-refractivity contribution in [1.82, 2.24) is 9.88 Å². The van der Waals surface area contributed by atoms with E-state index in [1.54, 1.807) is 11.3 Å². The highest BCUT2D eigenvalue weighted by molar-refractivity contribution is 7.10. The van der Waals surface area contributed by atoms with Crippen LogP contribution in [0.5, 0.6) is 5.88 Å². The van der Waals surface area contributed by atoms with Crippen molar-refractivity contribution in [1.29, 1.82) is 0 Å². The lowest BCUT2D eigenvalue weighted by Gasteiger charge is -2.31. The van der Waals surface area contributed by atoms with Crippen LogP contribution >= 0.6 is 11.3 Å². The van der Waals surface area contributed by atoms with Gasteiger partial charge in [0.05, 0.1) is 17.5 Å². The predicted octanol–water partition coefficient (Wildman–Crippen LogP) is 4.65. The molecule has 1 aliphatic carbocycles. The van der Waals surface area contributed by atoms with Crippen LogP contribution in [0.2, 0.25) is 0 Å². The number of aromatic nitrogens is 1. The zero-order valence-electron chi connectivity index (χ0n) is 15.2. The number of hydrogen-bond donors (Lipinski definition) is 0. The number of alkyl halides is 3. The van der Waals surface area contributed by atoms with Crippen molar-refractivity contribution in [3.05, 3.63) is 46.3 Å². The minimum Gasteiger partial charge on any atom is -0.472 e. The van der Waals surface area contributed by atoms with Crippen LogP contribution in [-0.4, -0.2) is 35.0 Å². The van der Waals surface area contributed by atoms with Gasteiger partial charge in [0.15, 0.2) is 0 Å². The molecule has 0 N–H and O–H groups in total. The number of halogens is 3. The van der Waals surface area contributed by atoms with Gasteiger partial charge in [-0.2, -0.15) is 13.2 Å². The lowest BCUT2D eigenvalue weighted by Crippen LogP contribution is -2.44. The number of carbonyl (C=O) groups excluding carboxylic acids is 1. The van der Waals surface area contributed by atoms with Gasteiger partial charge in [-0.1, -0.05) is 18.9 Å². The molecule has 1 saturated carbocycles. The number of hydrogen-bond acceptors (Lipinski definition) is 4. The zero-order chi connectivity index (χ0) is 19.8. The van der Waals surface area contributed by atoms with Gasteiger partial charge in [0.1, 0.15) is 6.10 Å². The van der Waals surface area contributed by atoms with Crippen molar-refractivity contribution in [3.8, 4) is 5.88 Å². The first kappa shape index (κ1) is 19.2. The van der Waals surface area contributed by atoms with Crippen LogP contribution in [0.4, 0.5) is 13.2 Å². The highest BCUT2D eigenvalue weighted by Crippen LogP contribution is 2.45. The van der Waals surface area contributed by atoms with Crippen molar-refractivity contribution in [2.45, 2.75) is 49.8 Å². The smallest absolute Gasteiger partial charge is 0.416 e. The average molecular weight is 410 g/mol. The van der Waals surface area contributed by atoms with Gasteiger partial charge in [0, 0.05) is 30.1 Å². The lowest BCUT2D eigenvalue weighted by molar-refractivity contribution is -0.138. The molecule has 2 aromatic heterocycles. The summed E-state index contributed by atoms with van der Waals surface area (Å²) in [6, 6.07) is 5.84. The number of thiophene rings is 1. The van der Waals surface area contributed by atoms with Gasteiger partial charge in [-0.15, -0.1) is 11.3 Å². The predicted molar refractivity (Wildman–Crippen MR) is 99.3 cm³/mol. The van der Waals surface area contributed by atoms with Crippen molar-refractivity contribution in [3.63, 3.8) is 0 Å². The summed E-state index contributed by atoms with van der Waals surface area (Å²) in [4.78, 5) is 20.2. The molecule has 2 aromatic rings. The Labute approximate surface area is 165 Å². The highest BCUT2D eigenvalue weighted by atomic mass is 32.1. The molecule has 0 spiro atoms. The van der Waals surface area contributed by atoms with Crippen molar-refractivity contribution >= 4 is 17.2 Å². The highest BCUT2D eigenvalue weighted by Gasteiger charge is 2.47. The fourth-order valence-electron chi connectivity index (χ4n) is 4.23. The molecule has 8 heteroatoms. The number of ether oxygens (including phenoxy) is 1. The molecule has 1 amide bonds. The molecule has 3 heterocycles. The van der Waals surface area contributed by atoms with Crippen LogP contribution in [0.15, 0.2) is 35.8 Å². The monoisotopic (exact) mass is 410 g/mol. The maximum atomic E-state index is 13.4. The molecule has 0 radical (unpaired) electrons. The van der Waals surface area contributed by atoms with E-state index in [1.807, 2.05) is 22.4 Å². The molecule has 150 valence electrons. The second-order valence-electron chi connectivity index (χ2n) is 7.43. The summed E-state index contributed by atoms with van der Waals surface area (Å²) in [5.41, 5.74) is -1.23. The SMILES string of the molecule is O=C(N1CCC(Oc2cc(C(F)(F)F)ccn2)C1)C1(c2cccs2)CCCC1. The lowest BCUT2D eigenvalue weighted by atomic mass is 9.83. The first-order valence-corrected chi connectivity index (χ1v) is 10.3. The molecule has 4 rings (SSSR count). The normalized spacial score (nSPS) is 21.8. The molecule has 4 nitrogen and oxygen atoms in total. The van der Waals surface area contributed by atoms with Crippen molar-refractivity contribution in [2.75, 3.05) is 13.1 Å². The quantitative estimate of drug-likeness (QED) is 0.737. The van der Waals surface area contributed by atoms with Gasteiger partial charge >= 0.3 is 6.18 Å². The molecule has 2 fully saturated rings. The first-order chi connectivity index (χ1) is 13.4. The van der Waals surface area contributed by atoms with Gasteiger partial charge in [-0.3, -0.25) is 4.79 Å². The molecule has 28 heavy (non-hydrogen) atoms. The summed E-state index contributed by atoms with van der Waals surface area (Å²) in [6.45, 7) is 0.930. The number of nitrogens with zero attached hydrogens (tertiary/aromatic N) is 2. The molecule has 0 aromatic carbocycles.